The molecule has 0 spiro atoms. The first kappa shape index (κ1) is 19.1. The number of aromatic nitrogens is 2. The second-order valence-electron chi connectivity index (χ2n) is 6.04. The third kappa shape index (κ3) is 4.72. The minimum absolute atomic E-state index is 0.173. The Morgan fingerprint density at radius 2 is 1.96 bits per heavy atom. The van der Waals surface area contributed by atoms with E-state index in [0.717, 1.165) is 22.0 Å². The van der Waals surface area contributed by atoms with Gasteiger partial charge in [-0.1, -0.05) is 42.7 Å². The summed E-state index contributed by atoms with van der Waals surface area (Å²) in [7, 11) is 0. The molecule has 0 atom stereocenters. The Hall–Kier alpha value is -1.69. The number of halogens is 2. The van der Waals surface area contributed by atoms with Crippen molar-refractivity contribution in [3.05, 3.63) is 53.4 Å². The summed E-state index contributed by atoms with van der Waals surface area (Å²) in [5.74, 6) is 3.98. The molecule has 0 bridgehead atoms. The molecule has 0 fully saturated rings. The molecule has 0 aliphatic rings. The molecule has 0 unspecified atom stereocenters. The van der Waals surface area contributed by atoms with Crippen LogP contribution in [-0.2, 0) is 5.88 Å². The van der Waals surface area contributed by atoms with Crippen molar-refractivity contribution in [3.63, 3.8) is 0 Å². The highest BCUT2D eigenvalue weighted by Crippen LogP contribution is 2.37. The van der Waals surface area contributed by atoms with Crippen molar-refractivity contribution in [2.75, 3.05) is 5.75 Å². The third-order valence-corrected chi connectivity index (χ3v) is 5.42. The monoisotopic (exact) mass is 408 g/mol. The van der Waals surface area contributed by atoms with Crippen LogP contribution in [0.5, 0.6) is 11.5 Å². The molecule has 1 heterocycles. The number of hydrogen-bond acceptors (Lipinski definition) is 5. The van der Waals surface area contributed by atoms with Crippen molar-refractivity contribution in [2.45, 2.75) is 24.6 Å². The lowest BCUT2D eigenvalue weighted by atomic mass is 10.2. The summed E-state index contributed by atoms with van der Waals surface area (Å²) in [6.07, 6.45) is 0. The van der Waals surface area contributed by atoms with Crippen LogP contribution < -0.4 is 4.74 Å². The van der Waals surface area contributed by atoms with Crippen LogP contribution in [0.3, 0.4) is 0 Å². The summed E-state index contributed by atoms with van der Waals surface area (Å²) in [6, 6.07) is 13.3. The largest absolute Gasteiger partial charge is 0.455 e. The first-order valence-electron chi connectivity index (χ1n) is 8.15. The van der Waals surface area contributed by atoms with Crippen molar-refractivity contribution in [2.24, 2.45) is 5.92 Å². The van der Waals surface area contributed by atoms with Crippen LogP contribution >= 0.6 is 35.0 Å². The molecule has 0 saturated heterocycles. The van der Waals surface area contributed by atoms with E-state index in [1.54, 1.807) is 23.9 Å². The average Bonchev–Trinajstić information content (AvgIpc) is 3.12. The molecule has 0 aliphatic carbocycles. The normalized spacial score (nSPS) is 11.1. The van der Waals surface area contributed by atoms with Gasteiger partial charge in [0.1, 0.15) is 17.4 Å². The van der Waals surface area contributed by atoms with Crippen LogP contribution in [0.1, 0.15) is 19.7 Å². The Labute approximate surface area is 166 Å². The van der Waals surface area contributed by atoms with Gasteiger partial charge in [0.15, 0.2) is 0 Å². The van der Waals surface area contributed by atoms with Crippen molar-refractivity contribution in [1.29, 1.82) is 0 Å². The minimum Gasteiger partial charge on any atom is -0.455 e. The van der Waals surface area contributed by atoms with Gasteiger partial charge in [0.05, 0.1) is 9.92 Å². The number of benzene rings is 2. The van der Waals surface area contributed by atoms with Crippen molar-refractivity contribution in [3.8, 4) is 22.9 Å². The quantitative estimate of drug-likeness (QED) is 0.322. The number of hydrogen-bond donors (Lipinski definition) is 0. The molecule has 4 nitrogen and oxygen atoms in total. The second kappa shape index (κ2) is 8.80. The maximum absolute atomic E-state index is 6.41. The number of para-hydroxylation sites is 1. The van der Waals surface area contributed by atoms with Gasteiger partial charge in [-0.2, -0.15) is 4.98 Å². The molecular formula is C19H18Cl2N2O2S. The molecule has 7 heteroatoms. The van der Waals surface area contributed by atoms with E-state index >= 15 is 0 Å². The molecule has 0 saturated carbocycles. The number of ether oxygens (including phenoxy) is 1. The molecule has 0 aliphatic heterocycles. The zero-order valence-corrected chi connectivity index (χ0v) is 16.7. The van der Waals surface area contributed by atoms with E-state index in [-0.39, 0.29) is 5.88 Å². The molecular weight excluding hydrogens is 391 g/mol. The fraction of sp³-hybridized carbons (Fsp3) is 0.263. The van der Waals surface area contributed by atoms with E-state index in [1.165, 1.54) is 0 Å². The van der Waals surface area contributed by atoms with Gasteiger partial charge in [-0.3, -0.25) is 0 Å². The van der Waals surface area contributed by atoms with Crippen LogP contribution in [-0.4, -0.2) is 15.9 Å². The van der Waals surface area contributed by atoms with Crippen LogP contribution in [0.25, 0.3) is 11.4 Å². The summed E-state index contributed by atoms with van der Waals surface area (Å²) in [5, 5.41) is 4.37. The Morgan fingerprint density at radius 1 is 1.15 bits per heavy atom. The van der Waals surface area contributed by atoms with Gasteiger partial charge < -0.3 is 9.26 Å². The average molecular weight is 409 g/mol. The smallest absolute Gasteiger partial charge is 0.241 e. The standard InChI is InChI=1S/C19H18Cl2N2O2S/c1-12(2)11-26-17-6-4-3-5-16(17)24-15-8-7-13(9-14(15)21)19-22-18(10-20)25-23-19/h3-9,12H,10-11H2,1-2H3. The molecule has 2 aromatic carbocycles. The predicted octanol–water partition coefficient (Wildman–Crippen LogP) is 6.67. The third-order valence-electron chi connectivity index (χ3n) is 3.41. The van der Waals surface area contributed by atoms with Gasteiger partial charge in [0.2, 0.25) is 11.7 Å². The summed E-state index contributed by atoms with van der Waals surface area (Å²) >= 11 is 13.9. The highest BCUT2D eigenvalue weighted by Gasteiger charge is 2.13. The van der Waals surface area contributed by atoms with Gasteiger partial charge in [0.25, 0.3) is 0 Å². The topological polar surface area (TPSA) is 48.2 Å². The van der Waals surface area contributed by atoms with Crippen LogP contribution in [0, 0.1) is 5.92 Å². The highest BCUT2D eigenvalue weighted by atomic mass is 35.5. The minimum atomic E-state index is 0.173. The maximum atomic E-state index is 6.41. The molecule has 0 radical (unpaired) electrons. The predicted molar refractivity (Wildman–Crippen MR) is 106 cm³/mol. The molecule has 3 rings (SSSR count). The zero-order chi connectivity index (χ0) is 18.5. The summed E-state index contributed by atoms with van der Waals surface area (Å²) < 4.78 is 11.1. The van der Waals surface area contributed by atoms with Crippen molar-refractivity contribution in [1.82, 2.24) is 10.1 Å². The van der Waals surface area contributed by atoms with Crippen LogP contribution in [0.4, 0.5) is 0 Å². The van der Waals surface area contributed by atoms with E-state index in [0.29, 0.717) is 28.4 Å². The fourth-order valence-electron chi connectivity index (χ4n) is 2.18. The van der Waals surface area contributed by atoms with Gasteiger partial charge in [-0.25, -0.2) is 0 Å². The highest BCUT2D eigenvalue weighted by molar-refractivity contribution is 7.99. The van der Waals surface area contributed by atoms with Crippen LogP contribution in [0.15, 0.2) is 51.9 Å². The Bertz CT molecular complexity index is 883. The van der Waals surface area contributed by atoms with Crippen LogP contribution in [0.2, 0.25) is 5.02 Å². The van der Waals surface area contributed by atoms with E-state index in [1.807, 2.05) is 24.3 Å². The second-order valence-corrected chi connectivity index (χ2v) is 7.78. The van der Waals surface area contributed by atoms with E-state index in [4.69, 9.17) is 32.5 Å². The van der Waals surface area contributed by atoms with Crippen molar-refractivity contribution < 1.29 is 9.26 Å². The van der Waals surface area contributed by atoms with Gasteiger partial charge in [-0.15, -0.1) is 23.4 Å². The van der Waals surface area contributed by atoms with E-state index < -0.39 is 0 Å². The first-order valence-corrected chi connectivity index (χ1v) is 10.0. The number of rotatable bonds is 7. The Kier molecular flexibility index (Phi) is 6.46. The van der Waals surface area contributed by atoms with E-state index in [9.17, 15) is 0 Å². The molecule has 0 N–H and O–H groups in total. The van der Waals surface area contributed by atoms with Gasteiger partial charge in [0, 0.05) is 11.3 Å². The SMILES string of the molecule is CC(C)CSc1ccccc1Oc1ccc(-c2noc(CCl)n2)cc1Cl. The van der Waals surface area contributed by atoms with Gasteiger partial charge >= 0.3 is 0 Å². The number of nitrogens with zero attached hydrogens (tertiary/aromatic N) is 2. The van der Waals surface area contributed by atoms with E-state index in [2.05, 4.69) is 30.1 Å². The molecule has 136 valence electrons. The number of alkyl halides is 1. The molecule has 1 aromatic heterocycles. The van der Waals surface area contributed by atoms with Crippen molar-refractivity contribution >= 4 is 35.0 Å². The summed E-state index contributed by atoms with van der Waals surface area (Å²) in [6.45, 7) is 4.39. The molecule has 3 aromatic rings. The summed E-state index contributed by atoms with van der Waals surface area (Å²) in [5.41, 5.74) is 0.741. The summed E-state index contributed by atoms with van der Waals surface area (Å²) in [4.78, 5) is 5.29. The Morgan fingerprint density at radius 3 is 2.65 bits per heavy atom. The lowest BCUT2D eigenvalue weighted by Crippen LogP contribution is -1.93. The van der Waals surface area contributed by atoms with Gasteiger partial charge in [-0.05, 0) is 36.2 Å². The fourth-order valence-corrected chi connectivity index (χ4v) is 3.45. The lowest BCUT2D eigenvalue weighted by molar-refractivity contribution is 0.391. The Balaban J connectivity index is 1.80. The lowest BCUT2D eigenvalue weighted by Gasteiger charge is -2.13. The first-order chi connectivity index (χ1) is 12.6. The molecule has 26 heavy (non-hydrogen) atoms. The maximum Gasteiger partial charge on any atom is 0.241 e. The number of thioether (sulfide) groups is 1. The molecule has 0 amide bonds. The zero-order valence-electron chi connectivity index (χ0n) is 14.4.